The summed E-state index contributed by atoms with van der Waals surface area (Å²) >= 11 is 3.28. The molecule has 0 aliphatic heterocycles. The molecule has 0 aliphatic carbocycles. The van der Waals surface area contributed by atoms with Crippen LogP contribution in [0.25, 0.3) is 0 Å². The maximum atomic E-state index is 10.8. The number of carbonyl (C=O) groups is 1. The Morgan fingerprint density at radius 3 is 1.90 bits per heavy atom. The predicted octanol–water partition coefficient (Wildman–Crippen LogP) is 0.754. The van der Waals surface area contributed by atoms with Crippen LogP contribution in [0.1, 0.15) is 20.8 Å². The molecule has 0 bridgehead atoms. The molecule has 0 saturated carbocycles. The number of hydrogen-bond acceptors (Lipinski definition) is 3. The van der Waals surface area contributed by atoms with Crippen molar-refractivity contribution in [2.75, 3.05) is 11.5 Å². The summed E-state index contributed by atoms with van der Waals surface area (Å²) < 4.78 is 0.949. The molecule has 0 atom stereocenters. The fourth-order valence-electron chi connectivity index (χ4n) is 0.507. The first-order valence-corrected chi connectivity index (χ1v) is 5.33. The van der Waals surface area contributed by atoms with E-state index in [0.717, 1.165) is 15.2 Å². The van der Waals surface area contributed by atoms with Crippen molar-refractivity contribution in [2.24, 2.45) is 0 Å². The quantitative estimate of drug-likeness (QED) is 0.645. The second-order valence-corrected chi connectivity index (χ2v) is 4.52. The summed E-state index contributed by atoms with van der Waals surface area (Å²) in [6.45, 7) is 5.74. The average Bonchev–Trinajstić information content (AvgIpc) is 1.87. The number of carbonyl (C=O) groups excluding carboxylic acids is 1. The van der Waals surface area contributed by atoms with Gasteiger partial charge in [-0.2, -0.15) is 3.71 Å². The van der Waals surface area contributed by atoms with Gasteiger partial charge in [-0.25, -0.2) is 4.79 Å². The van der Waals surface area contributed by atoms with Crippen LogP contribution in [0.3, 0.4) is 0 Å². The maximum Gasteiger partial charge on any atom is 0.331 e. The molecule has 10 heavy (non-hydrogen) atoms. The molecule has 0 aliphatic rings. The minimum Gasteiger partial charge on any atom is -0.229 e. The molecule has 60 valence electrons. The van der Waals surface area contributed by atoms with Gasteiger partial charge in [0.25, 0.3) is 0 Å². The minimum atomic E-state index is 0.207. The summed E-state index contributed by atoms with van der Waals surface area (Å²) in [7, 11) is 0. The van der Waals surface area contributed by atoms with Gasteiger partial charge in [-0.15, -0.1) is 0 Å². The van der Waals surface area contributed by atoms with Gasteiger partial charge in [0, 0.05) is 11.5 Å². The Kier molecular flexibility index (Phi) is 6.27. The molecule has 0 fully saturated rings. The summed E-state index contributed by atoms with van der Waals surface area (Å²) in [5.74, 6) is 2.18. The van der Waals surface area contributed by atoms with E-state index >= 15 is 0 Å². The van der Waals surface area contributed by atoms with Crippen LogP contribution in [0.4, 0.5) is 0 Å². The lowest BCUT2D eigenvalue weighted by Crippen LogP contribution is -3.01. The van der Waals surface area contributed by atoms with Crippen molar-refractivity contribution in [1.29, 1.82) is 0 Å². The van der Waals surface area contributed by atoms with Crippen LogP contribution in [0.15, 0.2) is 0 Å². The molecule has 4 heteroatoms. The number of rotatable bonds is 4. The van der Waals surface area contributed by atoms with Crippen LogP contribution in [-0.4, -0.2) is 17.4 Å². The minimum absolute atomic E-state index is 0.207. The molecule has 0 radical (unpaired) electrons. The first-order valence-electron chi connectivity index (χ1n) is 3.35. The predicted molar refractivity (Wildman–Crippen MR) is 47.9 cm³/mol. The highest BCUT2D eigenvalue weighted by Gasteiger charge is 2.14. The lowest BCUT2D eigenvalue weighted by molar-refractivity contribution is -0.497. The van der Waals surface area contributed by atoms with E-state index in [1.807, 2.05) is 0 Å². The van der Waals surface area contributed by atoms with Gasteiger partial charge in [-0.1, -0.05) is 13.8 Å². The molecule has 0 rings (SSSR count). The van der Waals surface area contributed by atoms with Crippen molar-refractivity contribution in [1.82, 2.24) is 0 Å². The second kappa shape index (κ2) is 6.07. The van der Waals surface area contributed by atoms with Gasteiger partial charge in [0.2, 0.25) is 0 Å². The van der Waals surface area contributed by atoms with E-state index in [-0.39, 0.29) is 5.91 Å². The third-order valence-electron chi connectivity index (χ3n) is 0.838. The maximum absolute atomic E-state index is 10.8. The highest BCUT2D eigenvalue weighted by atomic mass is 32.2. The summed E-state index contributed by atoms with van der Waals surface area (Å²) in [5.41, 5.74) is 0. The van der Waals surface area contributed by atoms with Gasteiger partial charge >= 0.3 is 5.91 Å². The zero-order valence-electron chi connectivity index (χ0n) is 6.64. The van der Waals surface area contributed by atoms with E-state index in [1.165, 1.54) is 0 Å². The largest absolute Gasteiger partial charge is 0.331 e. The average molecular weight is 180 g/mol. The second-order valence-electron chi connectivity index (χ2n) is 1.71. The van der Waals surface area contributed by atoms with Crippen LogP contribution in [0, 0.1) is 0 Å². The molecule has 1 amide bonds. The molecule has 0 spiro atoms. The molecule has 0 aromatic rings. The van der Waals surface area contributed by atoms with Gasteiger partial charge in [0.05, 0.1) is 30.8 Å². The number of nitrogens with one attached hydrogen (secondary N) is 1. The Hall–Kier alpha value is 0.330. The number of amides is 1. The van der Waals surface area contributed by atoms with Crippen LogP contribution >= 0.6 is 23.9 Å². The van der Waals surface area contributed by atoms with Crippen LogP contribution in [0.2, 0.25) is 0 Å². The lowest BCUT2D eigenvalue weighted by Gasteiger charge is -2.06. The summed E-state index contributed by atoms with van der Waals surface area (Å²) in [6.07, 6.45) is 0. The topological polar surface area (TPSA) is 21.5 Å². The molecule has 0 aromatic heterocycles. The summed E-state index contributed by atoms with van der Waals surface area (Å²) in [4.78, 5) is 10.8. The third kappa shape index (κ3) is 4.19. The van der Waals surface area contributed by atoms with Crippen molar-refractivity contribution < 1.29 is 8.51 Å². The smallest absolute Gasteiger partial charge is 0.229 e. The highest BCUT2D eigenvalue weighted by Crippen LogP contribution is 1.93. The standard InChI is InChI=1S/C6H13NOS2/c1-4-9-7(6(3)8)10-5-2/h4-5H2,1-3H3/p+1. The Morgan fingerprint density at radius 2 is 1.70 bits per heavy atom. The van der Waals surface area contributed by atoms with E-state index < -0.39 is 0 Å². The van der Waals surface area contributed by atoms with E-state index in [9.17, 15) is 4.79 Å². The fourth-order valence-corrected chi connectivity index (χ4v) is 2.48. The normalized spacial score (nSPS) is 10.4. The summed E-state index contributed by atoms with van der Waals surface area (Å²) in [6, 6.07) is 0. The molecule has 1 N–H and O–H groups in total. The van der Waals surface area contributed by atoms with Gasteiger partial charge in [-0.3, -0.25) is 0 Å². The van der Waals surface area contributed by atoms with Crippen LogP contribution in [-0.2, 0) is 4.79 Å². The molecule has 0 unspecified atom stereocenters. The van der Waals surface area contributed by atoms with Gasteiger partial charge < -0.3 is 0 Å². The van der Waals surface area contributed by atoms with Crippen molar-refractivity contribution in [3.05, 3.63) is 0 Å². The van der Waals surface area contributed by atoms with Gasteiger partial charge in [-0.05, 0) is 0 Å². The number of hydrogen-bond donors (Lipinski definition) is 1. The highest BCUT2D eigenvalue weighted by molar-refractivity contribution is 8.05. The fraction of sp³-hybridized carbons (Fsp3) is 0.833. The van der Waals surface area contributed by atoms with Gasteiger partial charge in [0.15, 0.2) is 0 Å². The van der Waals surface area contributed by atoms with E-state index in [0.29, 0.717) is 0 Å². The van der Waals surface area contributed by atoms with Crippen molar-refractivity contribution in [3.63, 3.8) is 0 Å². The first kappa shape index (κ1) is 10.3. The van der Waals surface area contributed by atoms with Crippen LogP contribution < -0.4 is 3.71 Å². The molecule has 0 heterocycles. The van der Waals surface area contributed by atoms with E-state index in [1.54, 1.807) is 30.8 Å². The first-order chi connectivity index (χ1) is 4.72. The molecular formula is C6H14NOS2+. The lowest BCUT2D eigenvalue weighted by atomic mass is 10.8. The van der Waals surface area contributed by atoms with E-state index in [2.05, 4.69) is 13.8 Å². The summed E-state index contributed by atoms with van der Waals surface area (Å²) in [5, 5.41) is 0. The zero-order valence-corrected chi connectivity index (χ0v) is 8.27. The molecule has 2 nitrogen and oxygen atoms in total. The SMILES string of the molecule is CCS[NH+](SCC)C(C)=O. The van der Waals surface area contributed by atoms with Gasteiger partial charge in [0.1, 0.15) is 0 Å². The molecule has 0 aromatic carbocycles. The third-order valence-corrected chi connectivity index (χ3v) is 3.22. The Balaban J connectivity index is 3.61. The molecular weight excluding hydrogens is 166 g/mol. The Bertz CT molecular complexity index is 102. The van der Waals surface area contributed by atoms with Crippen LogP contribution in [0.5, 0.6) is 0 Å². The zero-order chi connectivity index (χ0) is 7.98. The van der Waals surface area contributed by atoms with Crippen molar-refractivity contribution in [2.45, 2.75) is 20.8 Å². The molecule has 0 saturated heterocycles. The Labute approximate surface area is 71.0 Å². The van der Waals surface area contributed by atoms with Crippen molar-refractivity contribution in [3.8, 4) is 0 Å². The monoisotopic (exact) mass is 180 g/mol. The van der Waals surface area contributed by atoms with Crippen molar-refractivity contribution >= 4 is 29.8 Å². The Morgan fingerprint density at radius 1 is 1.30 bits per heavy atom. The number of quaternary nitrogens is 1. The van der Waals surface area contributed by atoms with E-state index in [4.69, 9.17) is 0 Å².